The first kappa shape index (κ1) is 15.5. The van der Waals surface area contributed by atoms with Gasteiger partial charge in [-0.1, -0.05) is 0 Å². The molecule has 0 amide bonds. The molecule has 0 radical (unpaired) electrons. The number of hydrogen-bond acceptors (Lipinski definition) is 7. The number of pyridine rings is 1. The zero-order valence-corrected chi connectivity index (χ0v) is 12.7. The fourth-order valence-electron chi connectivity index (χ4n) is 2.30. The molecule has 0 saturated carbocycles. The van der Waals surface area contributed by atoms with Crippen molar-refractivity contribution >= 4 is 22.8 Å². The summed E-state index contributed by atoms with van der Waals surface area (Å²) in [5, 5.41) is 0.0541. The number of H-pyrrole nitrogens is 1. The summed E-state index contributed by atoms with van der Waals surface area (Å²) < 4.78 is 11.3. The maximum atomic E-state index is 12.1. The Labute approximate surface area is 134 Å². The topological polar surface area (TPSA) is 133 Å². The number of carbonyl (C=O) groups excluding carboxylic acids is 1. The molecule has 9 heteroatoms. The maximum Gasteiger partial charge on any atom is 0.341 e. The van der Waals surface area contributed by atoms with Crippen LogP contribution in [0.5, 0.6) is 0 Å². The highest BCUT2D eigenvalue weighted by Gasteiger charge is 2.18. The monoisotopic (exact) mass is 330 g/mol. The van der Waals surface area contributed by atoms with Gasteiger partial charge in [0.25, 0.3) is 5.56 Å². The predicted octanol–water partition coefficient (Wildman–Crippen LogP) is 0.485. The second-order valence-corrected chi connectivity index (χ2v) is 4.94. The number of anilines is 1. The van der Waals surface area contributed by atoms with Crippen LogP contribution in [0.1, 0.15) is 23.0 Å². The van der Waals surface area contributed by atoms with Crippen molar-refractivity contribution in [2.24, 2.45) is 0 Å². The van der Waals surface area contributed by atoms with Crippen LogP contribution in [0.2, 0.25) is 0 Å². The highest BCUT2D eigenvalue weighted by Crippen LogP contribution is 2.16. The van der Waals surface area contributed by atoms with Gasteiger partial charge in [-0.3, -0.25) is 14.3 Å². The van der Waals surface area contributed by atoms with Gasteiger partial charge < -0.3 is 14.9 Å². The molecular weight excluding hydrogens is 316 g/mol. The van der Waals surface area contributed by atoms with Crippen molar-refractivity contribution in [3.63, 3.8) is 0 Å². The van der Waals surface area contributed by atoms with Crippen LogP contribution < -0.4 is 17.0 Å². The third-order valence-corrected chi connectivity index (χ3v) is 3.39. The van der Waals surface area contributed by atoms with Gasteiger partial charge in [-0.2, -0.15) is 0 Å². The van der Waals surface area contributed by atoms with E-state index in [2.05, 4.69) is 9.97 Å². The molecule has 0 atom stereocenters. The molecule has 3 aromatic heterocycles. The lowest BCUT2D eigenvalue weighted by Crippen LogP contribution is -2.31. The van der Waals surface area contributed by atoms with Crippen molar-refractivity contribution in [2.75, 3.05) is 12.3 Å². The van der Waals surface area contributed by atoms with Crippen molar-refractivity contribution in [3.8, 4) is 0 Å². The van der Waals surface area contributed by atoms with Crippen molar-refractivity contribution in [1.82, 2.24) is 14.5 Å². The molecule has 0 fully saturated rings. The number of nitrogens with zero attached hydrogens (tertiary/aromatic N) is 2. The molecule has 0 aliphatic heterocycles. The van der Waals surface area contributed by atoms with Crippen molar-refractivity contribution in [3.05, 3.63) is 56.6 Å². The van der Waals surface area contributed by atoms with Crippen molar-refractivity contribution in [2.45, 2.75) is 13.5 Å². The maximum absolute atomic E-state index is 12.1. The summed E-state index contributed by atoms with van der Waals surface area (Å²) in [6.45, 7) is 1.87. The van der Waals surface area contributed by atoms with Crippen molar-refractivity contribution < 1.29 is 13.9 Å². The number of aromatic nitrogens is 3. The third kappa shape index (κ3) is 2.67. The molecule has 9 nitrogen and oxygen atoms in total. The third-order valence-electron chi connectivity index (χ3n) is 3.39. The zero-order valence-electron chi connectivity index (χ0n) is 12.7. The average Bonchev–Trinajstić information content (AvgIpc) is 3.04. The first-order valence-corrected chi connectivity index (χ1v) is 7.14. The van der Waals surface area contributed by atoms with E-state index < -0.39 is 17.2 Å². The summed E-state index contributed by atoms with van der Waals surface area (Å²) in [6.07, 6.45) is 1.47. The number of aromatic amines is 1. The SMILES string of the molecule is CCOC(=O)c1cc2c(=O)[nH]c(=O)n(Cc3ccco3)c2nc1N. The molecule has 124 valence electrons. The number of carbonyl (C=O) groups is 1. The van der Waals surface area contributed by atoms with E-state index in [9.17, 15) is 14.4 Å². The molecule has 0 saturated heterocycles. The van der Waals surface area contributed by atoms with Gasteiger partial charge in [0.05, 0.1) is 24.8 Å². The second-order valence-electron chi connectivity index (χ2n) is 4.94. The van der Waals surface area contributed by atoms with E-state index in [1.54, 1.807) is 19.1 Å². The Kier molecular flexibility index (Phi) is 3.90. The van der Waals surface area contributed by atoms with Crippen molar-refractivity contribution in [1.29, 1.82) is 0 Å². The van der Waals surface area contributed by atoms with E-state index in [1.165, 1.54) is 16.9 Å². The van der Waals surface area contributed by atoms with Crippen LogP contribution in [0.15, 0.2) is 38.5 Å². The lowest BCUT2D eigenvalue weighted by Gasteiger charge is -2.10. The molecule has 3 rings (SSSR count). The van der Waals surface area contributed by atoms with Gasteiger partial charge >= 0.3 is 11.7 Å². The number of furan rings is 1. The van der Waals surface area contributed by atoms with E-state index in [0.29, 0.717) is 5.76 Å². The molecule has 0 spiro atoms. The Hall–Kier alpha value is -3.36. The van der Waals surface area contributed by atoms with Crippen LogP contribution in [0.3, 0.4) is 0 Å². The van der Waals surface area contributed by atoms with Crippen LogP contribution in [0.25, 0.3) is 11.0 Å². The number of nitrogen functional groups attached to an aromatic ring is 1. The Morgan fingerprint density at radius 3 is 2.92 bits per heavy atom. The van der Waals surface area contributed by atoms with Gasteiger partial charge in [0, 0.05) is 0 Å². The average molecular weight is 330 g/mol. The molecular formula is C15H14N4O5. The fraction of sp³-hybridized carbons (Fsp3) is 0.200. The van der Waals surface area contributed by atoms with Crippen LogP contribution >= 0.6 is 0 Å². The van der Waals surface area contributed by atoms with Gasteiger partial charge in [-0.25, -0.2) is 14.6 Å². The number of ether oxygens (including phenoxy) is 1. The lowest BCUT2D eigenvalue weighted by molar-refractivity contribution is 0.0527. The van der Waals surface area contributed by atoms with E-state index >= 15 is 0 Å². The van der Waals surface area contributed by atoms with E-state index in [1.807, 2.05) is 0 Å². The smallest absolute Gasteiger partial charge is 0.341 e. The summed E-state index contributed by atoms with van der Waals surface area (Å²) >= 11 is 0. The predicted molar refractivity (Wildman–Crippen MR) is 84.8 cm³/mol. The fourth-order valence-corrected chi connectivity index (χ4v) is 2.30. The number of fused-ring (bicyclic) bond motifs is 1. The number of hydrogen-bond donors (Lipinski definition) is 2. The highest BCUT2D eigenvalue weighted by molar-refractivity contribution is 5.97. The largest absolute Gasteiger partial charge is 0.467 e. The summed E-state index contributed by atoms with van der Waals surface area (Å²) in [5.41, 5.74) is 4.51. The number of rotatable bonds is 4. The molecule has 0 bridgehead atoms. The molecule has 0 aliphatic rings. The second kappa shape index (κ2) is 6.03. The molecule has 24 heavy (non-hydrogen) atoms. The normalized spacial score (nSPS) is 10.9. The number of nitrogens with two attached hydrogens (primary N) is 1. The van der Waals surface area contributed by atoms with E-state index in [4.69, 9.17) is 14.9 Å². The minimum atomic E-state index is -0.687. The molecule has 3 heterocycles. The molecule has 3 aromatic rings. The first-order valence-electron chi connectivity index (χ1n) is 7.14. The van der Waals surface area contributed by atoms with Gasteiger partial charge in [-0.05, 0) is 25.1 Å². The Morgan fingerprint density at radius 1 is 1.46 bits per heavy atom. The molecule has 0 unspecified atom stereocenters. The standard InChI is InChI=1S/C15H14N4O5/c1-2-23-14(21)9-6-10-12(17-11(9)16)19(15(22)18-13(10)20)7-8-4-3-5-24-8/h3-6H,2,7H2,1H3,(H2,16,17)(H,18,20,22). The summed E-state index contributed by atoms with van der Waals surface area (Å²) in [6, 6.07) is 4.63. The minimum Gasteiger partial charge on any atom is -0.467 e. The number of esters is 1. The molecule has 0 aliphatic carbocycles. The summed E-state index contributed by atoms with van der Waals surface area (Å²) in [7, 11) is 0. The van der Waals surface area contributed by atoms with Gasteiger partial charge in [-0.15, -0.1) is 0 Å². The minimum absolute atomic E-state index is 0.0296. The van der Waals surface area contributed by atoms with Gasteiger partial charge in [0.2, 0.25) is 0 Å². The molecule has 3 N–H and O–H groups in total. The highest BCUT2D eigenvalue weighted by atomic mass is 16.5. The van der Waals surface area contributed by atoms with Crippen LogP contribution in [-0.4, -0.2) is 27.1 Å². The zero-order chi connectivity index (χ0) is 17.3. The van der Waals surface area contributed by atoms with Crippen LogP contribution in [-0.2, 0) is 11.3 Å². The lowest BCUT2D eigenvalue weighted by atomic mass is 10.2. The van der Waals surface area contributed by atoms with Gasteiger partial charge in [0.1, 0.15) is 17.1 Å². The quantitative estimate of drug-likeness (QED) is 0.665. The summed E-state index contributed by atoms with van der Waals surface area (Å²) in [5.74, 6) is -0.313. The Balaban J connectivity index is 2.23. The Morgan fingerprint density at radius 2 is 2.25 bits per heavy atom. The molecule has 0 aromatic carbocycles. The van der Waals surface area contributed by atoms with E-state index in [0.717, 1.165) is 0 Å². The Bertz CT molecular complexity index is 1020. The van der Waals surface area contributed by atoms with E-state index in [-0.39, 0.29) is 35.6 Å². The van der Waals surface area contributed by atoms with Crippen LogP contribution in [0.4, 0.5) is 5.82 Å². The number of nitrogens with one attached hydrogen (secondary N) is 1. The summed E-state index contributed by atoms with van der Waals surface area (Å²) in [4.78, 5) is 42.3. The first-order chi connectivity index (χ1) is 11.5. The van der Waals surface area contributed by atoms with Gasteiger partial charge in [0.15, 0.2) is 5.65 Å². The van der Waals surface area contributed by atoms with Crippen LogP contribution in [0, 0.1) is 0 Å².